The Labute approximate surface area is 144 Å². The van der Waals surface area contributed by atoms with Gasteiger partial charge in [0, 0.05) is 6.92 Å². The van der Waals surface area contributed by atoms with Gasteiger partial charge in [0.1, 0.15) is 18.1 Å². The number of carbonyl (C=O) groups excluding carboxylic acids is 3. The van der Waals surface area contributed by atoms with Gasteiger partial charge in [-0.15, -0.1) is 0 Å². The van der Waals surface area contributed by atoms with Crippen molar-refractivity contribution in [3.05, 3.63) is 65.2 Å². The third-order valence-electron chi connectivity index (χ3n) is 3.03. The number of amides is 1. The molecular weight excluding hydrogens is 326 g/mol. The molecule has 0 aliphatic heterocycles. The fourth-order valence-electron chi connectivity index (χ4n) is 1.93. The fourth-order valence-corrected chi connectivity index (χ4v) is 1.93. The van der Waals surface area contributed by atoms with Crippen LogP contribution in [0, 0.1) is 0 Å². The van der Waals surface area contributed by atoms with Gasteiger partial charge in [-0.05, 0) is 23.8 Å². The summed E-state index contributed by atoms with van der Waals surface area (Å²) in [4.78, 5) is 34.8. The number of methoxy groups -OCH3 is 1. The topological polar surface area (TPSA) is 94.8 Å². The number of furan rings is 1. The molecule has 0 aliphatic carbocycles. The molecule has 7 heteroatoms. The molecule has 0 saturated carbocycles. The summed E-state index contributed by atoms with van der Waals surface area (Å²) in [6, 6.07) is 11.9. The quantitative estimate of drug-likeness (QED) is 0.639. The van der Waals surface area contributed by atoms with Crippen LogP contribution >= 0.6 is 0 Å². The molecule has 1 aromatic heterocycles. The minimum Gasteiger partial charge on any atom is -0.463 e. The Morgan fingerprint density at radius 1 is 1.12 bits per heavy atom. The summed E-state index contributed by atoms with van der Waals surface area (Å²) < 4.78 is 14.9. The normalized spacial score (nSPS) is 10.9. The van der Waals surface area contributed by atoms with E-state index in [1.807, 2.05) is 6.07 Å². The monoisotopic (exact) mass is 343 g/mol. The number of esters is 2. The molecule has 7 nitrogen and oxygen atoms in total. The lowest BCUT2D eigenvalue weighted by Gasteiger charge is -2.08. The maximum Gasteiger partial charge on any atom is 0.373 e. The van der Waals surface area contributed by atoms with E-state index in [0.29, 0.717) is 0 Å². The van der Waals surface area contributed by atoms with Crippen molar-refractivity contribution in [2.24, 2.45) is 0 Å². The third-order valence-corrected chi connectivity index (χ3v) is 3.03. The fraction of sp³-hybridized carbons (Fsp3) is 0.167. The minimum atomic E-state index is -0.727. The van der Waals surface area contributed by atoms with Crippen molar-refractivity contribution in [1.29, 1.82) is 0 Å². The van der Waals surface area contributed by atoms with Crippen LogP contribution in [0.25, 0.3) is 6.08 Å². The average molecular weight is 343 g/mol. The number of hydrogen-bond donors (Lipinski definition) is 1. The van der Waals surface area contributed by atoms with E-state index in [4.69, 9.17) is 9.15 Å². The highest BCUT2D eigenvalue weighted by molar-refractivity contribution is 5.97. The second kappa shape index (κ2) is 8.49. The summed E-state index contributed by atoms with van der Waals surface area (Å²) in [5.41, 5.74) is 0.729. The molecule has 0 fully saturated rings. The van der Waals surface area contributed by atoms with Crippen molar-refractivity contribution in [2.45, 2.75) is 13.5 Å². The number of nitrogens with one attached hydrogen (secondary N) is 1. The van der Waals surface area contributed by atoms with E-state index in [1.54, 1.807) is 24.3 Å². The van der Waals surface area contributed by atoms with Crippen molar-refractivity contribution < 1.29 is 28.3 Å². The van der Waals surface area contributed by atoms with Crippen molar-refractivity contribution in [3.63, 3.8) is 0 Å². The maximum absolute atomic E-state index is 12.2. The van der Waals surface area contributed by atoms with Crippen molar-refractivity contribution in [3.8, 4) is 0 Å². The molecule has 1 aromatic carbocycles. The predicted octanol–water partition coefficient (Wildman–Crippen LogP) is 2.29. The smallest absolute Gasteiger partial charge is 0.373 e. The summed E-state index contributed by atoms with van der Waals surface area (Å²) in [6.45, 7) is 1.10. The SMILES string of the molecule is COC(=O)c1ccc(COC(=O)/C(=C/c2ccccc2)NC(C)=O)o1. The van der Waals surface area contributed by atoms with Crippen molar-refractivity contribution >= 4 is 23.9 Å². The number of ether oxygens (including phenoxy) is 2. The van der Waals surface area contributed by atoms with Gasteiger partial charge in [-0.3, -0.25) is 4.79 Å². The van der Waals surface area contributed by atoms with Crippen LogP contribution in [0.2, 0.25) is 0 Å². The number of hydrogen-bond acceptors (Lipinski definition) is 6. The van der Waals surface area contributed by atoms with Gasteiger partial charge in [-0.25, -0.2) is 9.59 Å². The van der Waals surface area contributed by atoms with Crippen LogP contribution in [-0.4, -0.2) is 25.0 Å². The molecule has 0 atom stereocenters. The second-order valence-corrected chi connectivity index (χ2v) is 4.98. The van der Waals surface area contributed by atoms with E-state index >= 15 is 0 Å². The number of rotatable bonds is 6. The zero-order valence-corrected chi connectivity index (χ0v) is 13.8. The van der Waals surface area contributed by atoms with Gasteiger partial charge in [-0.1, -0.05) is 30.3 Å². The second-order valence-electron chi connectivity index (χ2n) is 4.98. The molecule has 0 spiro atoms. The van der Waals surface area contributed by atoms with Crippen molar-refractivity contribution in [1.82, 2.24) is 5.32 Å². The standard InChI is InChI=1S/C18H17NO6/c1-12(20)19-15(10-13-6-4-3-5-7-13)17(21)24-11-14-8-9-16(25-14)18(22)23-2/h3-10H,11H2,1-2H3,(H,19,20)/b15-10-. The van der Waals surface area contributed by atoms with E-state index in [1.165, 1.54) is 32.2 Å². The van der Waals surface area contributed by atoms with Crippen LogP contribution < -0.4 is 5.32 Å². The van der Waals surface area contributed by atoms with Crippen LogP contribution in [0.4, 0.5) is 0 Å². The van der Waals surface area contributed by atoms with E-state index in [2.05, 4.69) is 10.1 Å². The summed E-state index contributed by atoms with van der Waals surface area (Å²) in [7, 11) is 1.23. The van der Waals surface area contributed by atoms with Gasteiger partial charge < -0.3 is 19.2 Å². The zero-order valence-electron chi connectivity index (χ0n) is 13.8. The predicted molar refractivity (Wildman–Crippen MR) is 88.1 cm³/mol. The lowest BCUT2D eigenvalue weighted by molar-refractivity contribution is -0.142. The summed E-state index contributed by atoms with van der Waals surface area (Å²) >= 11 is 0. The first kappa shape index (κ1) is 18.0. The highest BCUT2D eigenvalue weighted by Gasteiger charge is 2.16. The number of carbonyl (C=O) groups is 3. The van der Waals surface area contributed by atoms with Gasteiger partial charge >= 0.3 is 11.9 Å². The molecule has 0 radical (unpaired) electrons. The molecule has 130 valence electrons. The first-order chi connectivity index (χ1) is 12.0. The van der Waals surface area contributed by atoms with Crippen LogP contribution in [0.15, 0.2) is 52.6 Å². The van der Waals surface area contributed by atoms with Crippen LogP contribution in [0.1, 0.15) is 28.8 Å². The van der Waals surface area contributed by atoms with Crippen LogP contribution in [-0.2, 0) is 25.7 Å². The molecule has 0 saturated heterocycles. The Morgan fingerprint density at radius 3 is 2.48 bits per heavy atom. The molecule has 2 aromatic rings. The summed E-state index contributed by atoms with van der Waals surface area (Å²) in [5.74, 6) is -1.47. The molecule has 0 aliphatic rings. The lowest BCUT2D eigenvalue weighted by atomic mass is 10.2. The zero-order chi connectivity index (χ0) is 18.2. The highest BCUT2D eigenvalue weighted by atomic mass is 16.6. The highest BCUT2D eigenvalue weighted by Crippen LogP contribution is 2.12. The van der Waals surface area contributed by atoms with Gasteiger partial charge in [0.15, 0.2) is 0 Å². The maximum atomic E-state index is 12.2. The van der Waals surface area contributed by atoms with Crippen molar-refractivity contribution in [2.75, 3.05) is 7.11 Å². The van der Waals surface area contributed by atoms with Crippen LogP contribution in [0.5, 0.6) is 0 Å². The Balaban J connectivity index is 2.07. The molecular formula is C18H17NO6. The third kappa shape index (κ3) is 5.35. The first-order valence-electron chi connectivity index (χ1n) is 7.38. The van der Waals surface area contributed by atoms with E-state index < -0.39 is 17.8 Å². The van der Waals surface area contributed by atoms with Crippen LogP contribution in [0.3, 0.4) is 0 Å². The molecule has 0 unspecified atom stereocenters. The van der Waals surface area contributed by atoms with Gasteiger partial charge in [-0.2, -0.15) is 0 Å². The largest absolute Gasteiger partial charge is 0.463 e. The first-order valence-corrected chi connectivity index (χ1v) is 7.38. The van der Waals surface area contributed by atoms with Gasteiger partial charge in [0.05, 0.1) is 7.11 Å². The Kier molecular flexibility index (Phi) is 6.11. The average Bonchev–Trinajstić information content (AvgIpc) is 3.08. The summed E-state index contributed by atoms with van der Waals surface area (Å²) in [6.07, 6.45) is 1.51. The molecule has 25 heavy (non-hydrogen) atoms. The molecule has 1 amide bonds. The summed E-state index contributed by atoms with van der Waals surface area (Å²) in [5, 5.41) is 2.44. The van der Waals surface area contributed by atoms with Gasteiger partial charge in [0.25, 0.3) is 0 Å². The van der Waals surface area contributed by atoms with Gasteiger partial charge in [0.2, 0.25) is 11.7 Å². The van der Waals surface area contributed by atoms with E-state index in [9.17, 15) is 14.4 Å². The molecule has 0 bridgehead atoms. The molecule has 1 heterocycles. The Morgan fingerprint density at radius 2 is 1.84 bits per heavy atom. The van der Waals surface area contributed by atoms with E-state index in [-0.39, 0.29) is 23.8 Å². The minimum absolute atomic E-state index is 0.00144. The van der Waals surface area contributed by atoms with E-state index in [0.717, 1.165) is 5.56 Å². The lowest BCUT2D eigenvalue weighted by Crippen LogP contribution is -2.26. The Hall–Kier alpha value is -3.35. The number of benzene rings is 1. The molecule has 2 rings (SSSR count). The molecule has 1 N–H and O–H groups in total. The Bertz CT molecular complexity index is 791.